The predicted octanol–water partition coefficient (Wildman–Crippen LogP) is 10.9. The summed E-state index contributed by atoms with van der Waals surface area (Å²) in [4.78, 5) is 11.0. The van der Waals surface area contributed by atoms with Crippen LogP contribution in [0.1, 0.15) is 110 Å². The lowest BCUT2D eigenvalue weighted by Crippen LogP contribution is -2.29. The highest BCUT2D eigenvalue weighted by molar-refractivity contribution is 7.98. The van der Waals surface area contributed by atoms with Crippen LogP contribution in [0.2, 0.25) is 0 Å². The molecule has 234 valence electrons. The number of aliphatic hydroxyl groups is 1. The Morgan fingerprint density at radius 2 is 1.91 bits per heavy atom. The van der Waals surface area contributed by atoms with Crippen LogP contribution in [0.3, 0.4) is 0 Å². The second kappa shape index (κ2) is 17.9. The molecule has 0 aromatic carbocycles. The smallest absolute Gasteiger partial charge is 0.163 e. The highest BCUT2D eigenvalue weighted by Gasteiger charge is 2.39. The molecule has 0 amide bonds. The number of allylic oxidation sites excluding steroid dienone is 7. The van der Waals surface area contributed by atoms with Crippen LogP contribution in [0.15, 0.2) is 89.3 Å². The van der Waals surface area contributed by atoms with Crippen molar-refractivity contribution in [2.75, 3.05) is 12.8 Å². The van der Waals surface area contributed by atoms with E-state index in [1.165, 1.54) is 25.7 Å². The van der Waals surface area contributed by atoms with Crippen molar-refractivity contribution in [3.63, 3.8) is 0 Å². The van der Waals surface area contributed by atoms with Gasteiger partial charge in [-0.15, -0.1) is 11.8 Å². The summed E-state index contributed by atoms with van der Waals surface area (Å²) in [7, 11) is 0. The van der Waals surface area contributed by atoms with Crippen molar-refractivity contribution >= 4 is 29.2 Å². The Hall–Kier alpha value is -3.12. The van der Waals surface area contributed by atoms with Gasteiger partial charge in [-0.25, -0.2) is 9.50 Å². The van der Waals surface area contributed by atoms with Crippen LogP contribution < -0.4 is 0 Å². The SMILES string of the molecule is C.C/C=C\CCC.C=CC(=C)C1=CC=C(c2cnn3cc(SC)c(C4CCC(CCCCC)(C(=C)O)CC4)nc23)C=NC1. The monoisotopic (exact) mass is 602 g/mol. The summed E-state index contributed by atoms with van der Waals surface area (Å²) in [6.07, 6.45) is 29.1. The Labute approximate surface area is 265 Å². The fourth-order valence-electron chi connectivity index (χ4n) is 5.76. The standard InChI is InChI=1S/C30H38N4OS.C6H12.CH4/c1-6-8-9-14-30(22(4)35)15-12-23(13-16-30)28-27(36-5)20-34-29(33-28)26(19-32-34)25-11-10-24(17-31-18-25)21(3)7-2;1-3-5-6-4-2;/h7,10-11,18-20,23,35H,2-4,6,8-9,12-17H2,1,5H3;3,5H,4,6H2,1-2H3;1H4/b;5-3-;. The average molecular weight is 603 g/mol. The molecule has 4 rings (SSSR count). The first-order chi connectivity index (χ1) is 20.3. The van der Waals surface area contributed by atoms with Crippen LogP contribution in [0.5, 0.6) is 0 Å². The molecule has 1 saturated carbocycles. The normalized spacial score (nSPS) is 20.0. The van der Waals surface area contributed by atoms with Gasteiger partial charge in [0, 0.05) is 39.8 Å². The number of aliphatic imine (C=N–C) groups is 1. The van der Waals surface area contributed by atoms with Crippen molar-refractivity contribution in [2.24, 2.45) is 10.4 Å². The highest BCUT2D eigenvalue weighted by Crippen LogP contribution is 2.50. The molecule has 0 spiro atoms. The number of hydrogen-bond acceptors (Lipinski definition) is 5. The van der Waals surface area contributed by atoms with Gasteiger partial charge in [-0.1, -0.05) is 97.1 Å². The molecule has 6 heteroatoms. The summed E-state index contributed by atoms with van der Waals surface area (Å²) >= 11 is 1.72. The largest absolute Gasteiger partial charge is 0.512 e. The lowest BCUT2D eigenvalue weighted by molar-refractivity contribution is 0.131. The van der Waals surface area contributed by atoms with Crippen molar-refractivity contribution in [1.82, 2.24) is 14.6 Å². The summed E-state index contributed by atoms with van der Waals surface area (Å²) in [6, 6.07) is 0. The summed E-state index contributed by atoms with van der Waals surface area (Å²) in [5, 5.41) is 15.1. The van der Waals surface area contributed by atoms with E-state index in [-0.39, 0.29) is 12.8 Å². The van der Waals surface area contributed by atoms with Gasteiger partial charge < -0.3 is 5.11 Å². The lowest BCUT2D eigenvalue weighted by Gasteiger charge is -2.40. The third-order valence-electron chi connectivity index (χ3n) is 8.52. The first-order valence-corrected chi connectivity index (χ1v) is 16.7. The maximum atomic E-state index is 10.5. The van der Waals surface area contributed by atoms with Gasteiger partial charge in [0.15, 0.2) is 5.65 Å². The number of aromatic nitrogens is 3. The minimum Gasteiger partial charge on any atom is -0.512 e. The maximum absolute atomic E-state index is 10.5. The van der Waals surface area contributed by atoms with E-state index in [1.54, 1.807) is 17.8 Å². The van der Waals surface area contributed by atoms with Gasteiger partial charge in [0.25, 0.3) is 0 Å². The molecule has 43 heavy (non-hydrogen) atoms. The molecule has 1 N–H and O–H groups in total. The number of nitrogens with zero attached hydrogens (tertiary/aromatic N) is 4. The minimum atomic E-state index is -0.141. The van der Waals surface area contributed by atoms with Crippen molar-refractivity contribution in [2.45, 2.75) is 103 Å². The van der Waals surface area contributed by atoms with E-state index in [1.807, 2.05) is 16.9 Å². The zero-order valence-electron chi connectivity index (χ0n) is 26.2. The third-order valence-corrected chi connectivity index (χ3v) is 9.28. The van der Waals surface area contributed by atoms with Gasteiger partial charge in [0.2, 0.25) is 0 Å². The van der Waals surface area contributed by atoms with Gasteiger partial charge in [0.1, 0.15) is 0 Å². The molecule has 0 saturated heterocycles. The molecule has 2 aromatic heterocycles. The second-order valence-corrected chi connectivity index (χ2v) is 12.2. The molecule has 0 bridgehead atoms. The number of unbranched alkanes of at least 4 members (excludes halogenated alkanes) is 3. The van der Waals surface area contributed by atoms with Gasteiger partial charge in [-0.2, -0.15) is 5.10 Å². The highest BCUT2D eigenvalue weighted by atomic mass is 32.2. The van der Waals surface area contributed by atoms with Crippen LogP contribution in [0, 0.1) is 5.41 Å². The maximum Gasteiger partial charge on any atom is 0.163 e. The summed E-state index contributed by atoms with van der Waals surface area (Å²) in [6.45, 7) is 18.9. The molecule has 5 nitrogen and oxygen atoms in total. The Morgan fingerprint density at radius 1 is 1.16 bits per heavy atom. The summed E-state index contributed by atoms with van der Waals surface area (Å²) in [5.74, 6) is 0.729. The van der Waals surface area contributed by atoms with E-state index in [0.717, 1.165) is 77.0 Å². The first kappa shape index (κ1) is 36.1. The van der Waals surface area contributed by atoms with E-state index < -0.39 is 0 Å². The fraction of sp³-hybridized carbons (Fsp3) is 0.486. The molecular formula is C37H54N4OS. The minimum absolute atomic E-state index is 0. The first-order valence-electron chi connectivity index (χ1n) is 15.5. The fourth-order valence-corrected chi connectivity index (χ4v) is 6.39. The van der Waals surface area contributed by atoms with E-state index in [0.29, 0.717) is 18.2 Å². The molecule has 0 atom stereocenters. The summed E-state index contributed by atoms with van der Waals surface area (Å²) in [5.41, 5.74) is 5.77. The average Bonchev–Trinajstić information content (AvgIpc) is 3.26. The Balaban J connectivity index is 0.000000837. The Kier molecular flexibility index (Phi) is 15.0. The molecule has 2 aliphatic rings. The van der Waals surface area contributed by atoms with Gasteiger partial charge in [-0.3, -0.25) is 4.99 Å². The van der Waals surface area contributed by atoms with E-state index in [2.05, 4.69) is 87.4 Å². The Morgan fingerprint density at radius 3 is 2.49 bits per heavy atom. The lowest BCUT2D eigenvalue weighted by atomic mass is 9.66. The van der Waals surface area contributed by atoms with Crippen molar-refractivity contribution in [3.8, 4) is 0 Å². The molecule has 1 fully saturated rings. The van der Waals surface area contributed by atoms with Crippen molar-refractivity contribution in [1.29, 1.82) is 0 Å². The van der Waals surface area contributed by atoms with Gasteiger partial charge in [-0.05, 0) is 62.9 Å². The quantitative estimate of drug-likeness (QED) is 0.0863. The molecule has 1 aliphatic carbocycles. The summed E-state index contributed by atoms with van der Waals surface area (Å²) < 4.78 is 1.88. The molecule has 2 aromatic rings. The third kappa shape index (κ3) is 9.18. The molecule has 1 aliphatic heterocycles. The van der Waals surface area contributed by atoms with Crippen LogP contribution in [0.4, 0.5) is 0 Å². The predicted molar refractivity (Wildman–Crippen MR) is 190 cm³/mol. The van der Waals surface area contributed by atoms with Crippen LogP contribution >= 0.6 is 11.8 Å². The number of fused-ring (bicyclic) bond motifs is 1. The topological polar surface area (TPSA) is 62.8 Å². The number of thioether (sulfide) groups is 1. The second-order valence-electron chi connectivity index (χ2n) is 11.4. The van der Waals surface area contributed by atoms with E-state index in [9.17, 15) is 5.11 Å². The molecule has 0 unspecified atom stereocenters. The van der Waals surface area contributed by atoms with Crippen LogP contribution in [-0.2, 0) is 0 Å². The van der Waals surface area contributed by atoms with Crippen molar-refractivity contribution in [3.05, 3.63) is 90.7 Å². The van der Waals surface area contributed by atoms with Crippen LogP contribution in [0.25, 0.3) is 11.2 Å². The molecule has 0 radical (unpaired) electrons. The van der Waals surface area contributed by atoms with Gasteiger partial charge >= 0.3 is 0 Å². The number of hydrogen-bond donors (Lipinski definition) is 1. The van der Waals surface area contributed by atoms with Crippen molar-refractivity contribution < 1.29 is 5.11 Å². The zero-order chi connectivity index (χ0) is 30.5. The van der Waals surface area contributed by atoms with Crippen LogP contribution in [-0.4, -0.2) is 38.7 Å². The van der Waals surface area contributed by atoms with E-state index in [4.69, 9.17) is 4.98 Å². The number of aliphatic hydroxyl groups excluding tert-OH is 1. The Bertz CT molecular complexity index is 1350. The van der Waals surface area contributed by atoms with Gasteiger partial charge in [0.05, 0.1) is 24.2 Å². The number of rotatable bonds is 12. The molecule has 3 heterocycles. The zero-order valence-corrected chi connectivity index (χ0v) is 27.1. The van der Waals surface area contributed by atoms with E-state index >= 15 is 0 Å². The molecular weight excluding hydrogens is 549 g/mol.